The van der Waals surface area contributed by atoms with E-state index >= 15 is 0 Å². The standard InChI is InChI=1S/C16H14ClN3O3S/c1-20-10-14(13-7-2-3-8-15(13)20)16(21)18-19-24(22,23)12-6-4-5-11(17)9-12/h2-10,19H,1H3,(H,18,21). The summed E-state index contributed by atoms with van der Waals surface area (Å²) in [6.45, 7) is 0. The summed E-state index contributed by atoms with van der Waals surface area (Å²) in [4.78, 5) is 14.4. The van der Waals surface area contributed by atoms with Crippen LogP contribution in [0.1, 0.15) is 10.4 Å². The first-order valence-corrected chi connectivity index (χ1v) is 8.86. The maximum Gasteiger partial charge on any atom is 0.268 e. The second kappa shape index (κ2) is 6.27. The summed E-state index contributed by atoms with van der Waals surface area (Å²) in [7, 11) is -2.09. The molecule has 2 aromatic carbocycles. The summed E-state index contributed by atoms with van der Waals surface area (Å²) in [6.07, 6.45) is 1.65. The number of sulfonamides is 1. The first-order valence-electron chi connectivity index (χ1n) is 7.00. The van der Waals surface area contributed by atoms with Crippen LogP contribution in [0.4, 0.5) is 0 Å². The Balaban J connectivity index is 1.82. The number of carbonyl (C=O) groups excluding carboxylic acids is 1. The van der Waals surface area contributed by atoms with E-state index in [1.54, 1.807) is 22.9 Å². The van der Waals surface area contributed by atoms with E-state index < -0.39 is 15.9 Å². The summed E-state index contributed by atoms with van der Waals surface area (Å²) in [5, 5.41) is 1.03. The van der Waals surface area contributed by atoms with Crippen molar-refractivity contribution in [2.75, 3.05) is 0 Å². The molecule has 3 aromatic rings. The van der Waals surface area contributed by atoms with Crippen LogP contribution >= 0.6 is 11.6 Å². The number of aryl methyl sites for hydroxylation is 1. The fraction of sp³-hybridized carbons (Fsp3) is 0.0625. The van der Waals surface area contributed by atoms with Crippen LogP contribution in [0.25, 0.3) is 10.9 Å². The van der Waals surface area contributed by atoms with Gasteiger partial charge >= 0.3 is 0 Å². The average molecular weight is 364 g/mol. The lowest BCUT2D eigenvalue weighted by Gasteiger charge is -2.08. The minimum Gasteiger partial charge on any atom is -0.350 e. The first kappa shape index (κ1) is 16.5. The van der Waals surface area contributed by atoms with Crippen molar-refractivity contribution in [3.8, 4) is 0 Å². The van der Waals surface area contributed by atoms with E-state index in [2.05, 4.69) is 10.3 Å². The monoisotopic (exact) mass is 363 g/mol. The Morgan fingerprint density at radius 3 is 2.62 bits per heavy atom. The minimum atomic E-state index is -3.91. The Hall–Kier alpha value is -2.35. The van der Waals surface area contributed by atoms with Crippen LogP contribution in [0.3, 0.4) is 0 Å². The molecule has 6 nitrogen and oxygen atoms in total. The highest BCUT2D eigenvalue weighted by Gasteiger charge is 2.18. The van der Waals surface area contributed by atoms with Gasteiger partial charge in [-0.25, -0.2) is 8.42 Å². The van der Waals surface area contributed by atoms with Crippen LogP contribution in [-0.2, 0) is 17.1 Å². The number of para-hydroxylation sites is 1. The Morgan fingerprint density at radius 2 is 1.88 bits per heavy atom. The fourth-order valence-electron chi connectivity index (χ4n) is 2.40. The fourth-order valence-corrected chi connectivity index (χ4v) is 3.54. The van der Waals surface area contributed by atoms with Gasteiger partial charge in [0, 0.05) is 29.2 Å². The molecule has 2 N–H and O–H groups in total. The molecule has 124 valence electrons. The van der Waals surface area contributed by atoms with Crippen molar-refractivity contribution < 1.29 is 13.2 Å². The van der Waals surface area contributed by atoms with Crippen LogP contribution in [0.15, 0.2) is 59.6 Å². The molecule has 0 aliphatic rings. The van der Waals surface area contributed by atoms with E-state index in [1.807, 2.05) is 25.2 Å². The van der Waals surface area contributed by atoms with Gasteiger partial charge in [0.15, 0.2) is 0 Å². The van der Waals surface area contributed by atoms with E-state index in [1.165, 1.54) is 18.2 Å². The number of fused-ring (bicyclic) bond motifs is 1. The Labute approximate surface area is 144 Å². The number of rotatable bonds is 4. The molecule has 0 bridgehead atoms. The number of benzene rings is 2. The summed E-state index contributed by atoms with van der Waals surface area (Å²) < 4.78 is 26.2. The number of halogens is 1. The molecule has 0 aliphatic heterocycles. The van der Waals surface area contributed by atoms with E-state index in [-0.39, 0.29) is 4.90 Å². The molecule has 0 saturated heterocycles. The molecule has 0 atom stereocenters. The first-order chi connectivity index (χ1) is 11.4. The van der Waals surface area contributed by atoms with Crippen molar-refractivity contribution in [2.24, 2.45) is 7.05 Å². The summed E-state index contributed by atoms with van der Waals surface area (Å²) in [6, 6.07) is 13.1. The normalized spacial score (nSPS) is 11.6. The number of hydrogen-bond acceptors (Lipinski definition) is 3. The quantitative estimate of drug-likeness (QED) is 0.699. The SMILES string of the molecule is Cn1cc(C(=O)NNS(=O)(=O)c2cccc(Cl)c2)c2ccccc21. The van der Waals surface area contributed by atoms with Crippen LogP contribution in [-0.4, -0.2) is 18.9 Å². The van der Waals surface area contributed by atoms with Gasteiger partial charge in [-0.2, -0.15) is 0 Å². The van der Waals surface area contributed by atoms with E-state index in [9.17, 15) is 13.2 Å². The van der Waals surface area contributed by atoms with Gasteiger partial charge in [0.1, 0.15) is 0 Å². The molecule has 0 radical (unpaired) electrons. The highest BCUT2D eigenvalue weighted by molar-refractivity contribution is 7.89. The van der Waals surface area contributed by atoms with Crippen LogP contribution in [0, 0.1) is 0 Å². The van der Waals surface area contributed by atoms with Crippen LogP contribution < -0.4 is 10.3 Å². The number of hydrazine groups is 1. The van der Waals surface area contributed by atoms with Crippen molar-refractivity contribution in [1.29, 1.82) is 0 Å². The Kier molecular flexibility index (Phi) is 4.31. The van der Waals surface area contributed by atoms with Gasteiger partial charge in [0.25, 0.3) is 15.9 Å². The van der Waals surface area contributed by atoms with Crippen molar-refractivity contribution in [1.82, 2.24) is 14.8 Å². The van der Waals surface area contributed by atoms with E-state index in [0.29, 0.717) is 10.6 Å². The molecule has 0 aliphatic carbocycles. The molecule has 0 unspecified atom stereocenters. The molecular formula is C16H14ClN3O3S. The molecule has 0 saturated carbocycles. The lowest BCUT2D eigenvalue weighted by atomic mass is 10.2. The molecule has 1 amide bonds. The third kappa shape index (κ3) is 3.14. The maximum absolute atomic E-state index is 12.3. The lowest BCUT2D eigenvalue weighted by molar-refractivity contribution is 0.0946. The largest absolute Gasteiger partial charge is 0.350 e. The molecule has 0 fully saturated rings. The summed E-state index contributed by atoms with van der Waals surface area (Å²) >= 11 is 5.80. The minimum absolute atomic E-state index is 0.0341. The average Bonchev–Trinajstić information content (AvgIpc) is 2.90. The van der Waals surface area contributed by atoms with Gasteiger partial charge in [0.2, 0.25) is 0 Å². The Morgan fingerprint density at radius 1 is 1.12 bits per heavy atom. The molecular weight excluding hydrogens is 350 g/mol. The molecule has 3 rings (SSSR count). The lowest BCUT2D eigenvalue weighted by Crippen LogP contribution is -2.41. The van der Waals surface area contributed by atoms with Crippen LogP contribution in [0.5, 0.6) is 0 Å². The van der Waals surface area contributed by atoms with Crippen molar-refractivity contribution in [3.63, 3.8) is 0 Å². The van der Waals surface area contributed by atoms with Gasteiger partial charge in [-0.15, -0.1) is 4.83 Å². The number of carbonyl (C=O) groups is 1. The highest BCUT2D eigenvalue weighted by Crippen LogP contribution is 2.20. The number of nitrogens with one attached hydrogen (secondary N) is 2. The zero-order valence-electron chi connectivity index (χ0n) is 12.7. The van der Waals surface area contributed by atoms with E-state index in [0.717, 1.165) is 10.9 Å². The van der Waals surface area contributed by atoms with Gasteiger partial charge in [-0.1, -0.05) is 35.9 Å². The molecule has 1 heterocycles. The number of nitrogens with zero attached hydrogens (tertiary/aromatic N) is 1. The van der Waals surface area contributed by atoms with Crippen molar-refractivity contribution in [3.05, 3.63) is 65.3 Å². The smallest absolute Gasteiger partial charge is 0.268 e. The topological polar surface area (TPSA) is 80.2 Å². The molecule has 24 heavy (non-hydrogen) atoms. The third-order valence-electron chi connectivity index (χ3n) is 3.55. The van der Waals surface area contributed by atoms with Gasteiger partial charge in [-0.05, 0) is 24.3 Å². The predicted molar refractivity (Wildman–Crippen MR) is 92.2 cm³/mol. The van der Waals surface area contributed by atoms with Crippen LogP contribution in [0.2, 0.25) is 5.02 Å². The van der Waals surface area contributed by atoms with E-state index in [4.69, 9.17) is 11.6 Å². The van der Waals surface area contributed by atoms with Gasteiger partial charge in [0.05, 0.1) is 10.5 Å². The van der Waals surface area contributed by atoms with Gasteiger partial charge in [-0.3, -0.25) is 10.2 Å². The van der Waals surface area contributed by atoms with Gasteiger partial charge < -0.3 is 4.57 Å². The zero-order chi connectivity index (χ0) is 17.3. The molecule has 1 aromatic heterocycles. The second-order valence-electron chi connectivity index (χ2n) is 5.19. The Bertz CT molecular complexity index is 1030. The molecule has 0 spiro atoms. The number of aromatic nitrogens is 1. The van der Waals surface area contributed by atoms with Crippen molar-refractivity contribution >= 4 is 38.4 Å². The maximum atomic E-state index is 12.3. The predicted octanol–water partition coefficient (Wildman–Crippen LogP) is 2.46. The summed E-state index contributed by atoms with van der Waals surface area (Å²) in [5.41, 5.74) is 3.48. The zero-order valence-corrected chi connectivity index (χ0v) is 14.2. The number of hydrogen-bond donors (Lipinski definition) is 2. The highest BCUT2D eigenvalue weighted by atomic mass is 35.5. The third-order valence-corrected chi connectivity index (χ3v) is 5.03. The number of amides is 1. The van der Waals surface area contributed by atoms with Crippen molar-refractivity contribution in [2.45, 2.75) is 4.90 Å². The molecule has 8 heteroatoms. The summed E-state index contributed by atoms with van der Waals surface area (Å²) in [5.74, 6) is -0.544. The second-order valence-corrected chi connectivity index (χ2v) is 7.31.